The van der Waals surface area contributed by atoms with Crippen molar-refractivity contribution in [3.05, 3.63) is 53.2 Å². The van der Waals surface area contributed by atoms with Crippen LogP contribution in [0, 0.1) is 13.8 Å². The zero-order valence-corrected chi connectivity index (χ0v) is 13.8. The lowest BCUT2D eigenvalue weighted by Crippen LogP contribution is -2.35. The van der Waals surface area contributed by atoms with Crippen LogP contribution in [0.1, 0.15) is 40.7 Å². The Kier molecular flexibility index (Phi) is 4.60. The first kappa shape index (κ1) is 15.5. The minimum atomic E-state index is 0.0930. The van der Waals surface area contributed by atoms with Crippen molar-refractivity contribution in [1.82, 2.24) is 9.88 Å². The molecule has 3 rings (SSSR count). The molecule has 0 unspecified atom stereocenters. The Bertz CT molecular complexity index is 688. The fourth-order valence-corrected chi connectivity index (χ4v) is 2.90. The molecule has 1 amide bonds. The Morgan fingerprint density at radius 2 is 1.87 bits per heavy atom. The van der Waals surface area contributed by atoms with Gasteiger partial charge >= 0.3 is 0 Å². The maximum Gasteiger partial charge on any atom is 0.255 e. The van der Waals surface area contributed by atoms with Gasteiger partial charge in [0.15, 0.2) is 0 Å². The number of aromatic nitrogens is 1. The molecule has 0 spiro atoms. The van der Waals surface area contributed by atoms with Crippen molar-refractivity contribution in [3.8, 4) is 0 Å². The molecule has 0 radical (unpaired) electrons. The molecule has 1 aromatic heterocycles. The lowest BCUT2D eigenvalue weighted by Gasteiger charge is -2.26. The number of nitrogens with one attached hydrogen (secondary N) is 1. The van der Waals surface area contributed by atoms with Gasteiger partial charge < -0.3 is 10.2 Å². The maximum absolute atomic E-state index is 12.4. The average Bonchev–Trinajstić information content (AvgIpc) is 2.60. The monoisotopic (exact) mass is 309 g/mol. The number of hydrogen-bond acceptors (Lipinski definition) is 3. The summed E-state index contributed by atoms with van der Waals surface area (Å²) in [5.41, 5.74) is 4.17. The van der Waals surface area contributed by atoms with Gasteiger partial charge in [-0.2, -0.15) is 0 Å². The minimum Gasteiger partial charge on any atom is -0.340 e. The SMILES string of the molecule is Cc1cccc(Nc2ccc(C(=O)N3CCCCC3)cn2)c1C. The fourth-order valence-electron chi connectivity index (χ4n) is 2.90. The van der Waals surface area contributed by atoms with Crippen LogP contribution in [0.15, 0.2) is 36.5 Å². The van der Waals surface area contributed by atoms with E-state index in [0.717, 1.165) is 37.4 Å². The molecule has 2 aromatic rings. The van der Waals surface area contributed by atoms with Crippen LogP contribution in [0.3, 0.4) is 0 Å². The van der Waals surface area contributed by atoms with E-state index in [-0.39, 0.29) is 5.91 Å². The first-order chi connectivity index (χ1) is 11.1. The molecule has 4 heteroatoms. The number of carbonyl (C=O) groups is 1. The summed E-state index contributed by atoms with van der Waals surface area (Å²) in [5.74, 6) is 0.851. The second kappa shape index (κ2) is 6.82. The van der Waals surface area contributed by atoms with E-state index in [1.54, 1.807) is 6.20 Å². The van der Waals surface area contributed by atoms with Crippen LogP contribution in [0.5, 0.6) is 0 Å². The predicted molar refractivity (Wildman–Crippen MR) is 93.2 cm³/mol. The molecule has 1 fully saturated rings. The quantitative estimate of drug-likeness (QED) is 0.929. The number of rotatable bonds is 3. The first-order valence-electron chi connectivity index (χ1n) is 8.24. The normalized spacial score (nSPS) is 14.6. The topological polar surface area (TPSA) is 45.2 Å². The number of amides is 1. The van der Waals surface area contributed by atoms with Gasteiger partial charge in [-0.25, -0.2) is 4.98 Å². The molecule has 23 heavy (non-hydrogen) atoms. The van der Waals surface area contributed by atoms with Crippen molar-refractivity contribution in [2.45, 2.75) is 33.1 Å². The van der Waals surface area contributed by atoms with Gasteiger partial charge in [0, 0.05) is 25.0 Å². The van der Waals surface area contributed by atoms with Crippen molar-refractivity contribution >= 4 is 17.4 Å². The third kappa shape index (κ3) is 3.52. The van der Waals surface area contributed by atoms with E-state index in [1.165, 1.54) is 17.5 Å². The van der Waals surface area contributed by atoms with Crippen molar-refractivity contribution < 1.29 is 4.79 Å². The molecule has 4 nitrogen and oxygen atoms in total. The summed E-state index contributed by atoms with van der Waals surface area (Å²) >= 11 is 0. The number of aryl methyl sites for hydroxylation is 1. The highest BCUT2D eigenvalue weighted by atomic mass is 16.2. The van der Waals surface area contributed by atoms with Gasteiger partial charge in [-0.3, -0.25) is 4.79 Å². The first-order valence-corrected chi connectivity index (χ1v) is 8.24. The molecular weight excluding hydrogens is 286 g/mol. The van der Waals surface area contributed by atoms with Crippen LogP contribution >= 0.6 is 0 Å². The molecule has 1 aromatic carbocycles. The van der Waals surface area contributed by atoms with E-state index in [0.29, 0.717) is 5.56 Å². The van der Waals surface area contributed by atoms with E-state index < -0.39 is 0 Å². The fraction of sp³-hybridized carbons (Fsp3) is 0.368. The number of carbonyl (C=O) groups excluding carboxylic acids is 1. The lowest BCUT2D eigenvalue weighted by atomic mass is 10.1. The summed E-state index contributed by atoms with van der Waals surface area (Å²) in [6, 6.07) is 9.89. The van der Waals surface area contributed by atoms with Crippen molar-refractivity contribution in [2.75, 3.05) is 18.4 Å². The number of pyridine rings is 1. The largest absolute Gasteiger partial charge is 0.340 e. The lowest BCUT2D eigenvalue weighted by molar-refractivity contribution is 0.0724. The minimum absolute atomic E-state index is 0.0930. The van der Waals surface area contributed by atoms with Gasteiger partial charge in [0.05, 0.1) is 5.56 Å². The Morgan fingerprint density at radius 1 is 1.09 bits per heavy atom. The van der Waals surface area contributed by atoms with E-state index >= 15 is 0 Å². The van der Waals surface area contributed by atoms with E-state index in [4.69, 9.17) is 0 Å². The van der Waals surface area contributed by atoms with Crippen LogP contribution < -0.4 is 5.32 Å². The highest BCUT2D eigenvalue weighted by Gasteiger charge is 2.18. The molecule has 1 aliphatic rings. The molecule has 0 saturated carbocycles. The molecule has 120 valence electrons. The second-order valence-corrected chi connectivity index (χ2v) is 6.16. The zero-order valence-electron chi connectivity index (χ0n) is 13.8. The summed E-state index contributed by atoms with van der Waals surface area (Å²) in [6.45, 7) is 5.91. The molecule has 0 bridgehead atoms. The van der Waals surface area contributed by atoms with Crippen molar-refractivity contribution in [2.24, 2.45) is 0 Å². The highest BCUT2D eigenvalue weighted by molar-refractivity contribution is 5.94. The second-order valence-electron chi connectivity index (χ2n) is 6.16. The average molecular weight is 309 g/mol. The van der Waals surface area contributed by atoms with Gasteiger partial charge in [0.2, 0.25) is 0 Å². The van der Waals surface area contributed by atoms with E-state index in [2.05, 4.69) is 30.2 Å². The Hall–Kier alpha value is -2.36. The number of piperidine rings is 1. The van der Waals surface area contributed by atoms with Gasteiger partial charge in [0.1, 0.15) is 5.82 Å². The van der Waals surface area contributed by atoms with Crippen LogP contribution in [-0.4, -0.2) is 28.9 Å². The smallest absolute Gasteiger partial charge is 0.255 e. The van der Waals surface area contributed by atoms with Gasteiger partial charge in [-0.15, -0.1) is 0 Å². The number of hydrogen-bond donors (Lipinski definition) is 1. The van der Waals surface area contributed by atoms with Crippen LogP contribution in [0.4, 0.5) is 11.5 Å². The highest BCUT2D eigenvalue weighted by Crippen LogP contribution is 2.22. The third-order valence-corrected chi connectivity index (χ3v) is 4.52. The van der Waals surface area contributed by atoms with E-state index in [1.807, 2.05) is 29.2 Å². The Balaban J connectivity index is 1.71. The summed E-state index contributed by atoms with van der Waals surface area (Å²) in [5, 5.41) is 3.32. The van der Waals surface area contributed by atoms with Crippen LogP contribution in [0.2, 0.25) is 0 Å². The summed E-state index contributed by atoms with van der Waals surface area (Å²) in [7, 11) is 0. The standard InChI is InChI=1S/C19H23N3O/c1-14-7-6-8-17(15(14)2)21-18-10-9-16(13-20-18)19(23)22-11-4-3-5-12-22/h6-10,13H,3-5,11-12H2,1-2H3,(H,20,21). The summed E-state index contributed by atoms with van der Waals surface area (Å²) in [4.78, 5) is 18.8. The predicted octanol–water partition coefficient (Wildman–Crippen LogP) is 4.07. The van der Waals surface area contributed by atoms with Crippen LogP contribution in [-0.2, 0) is 0 Å². The molecular formula is C19H23N3O. The maximum atomic E-state index is 12.4. The molecule has 0 aliphatic carbocycles. The van der Waals surface area contributed by atoms with Crippen LogP contribution in [0.25, 0.3) is 0 Å². The van der Waals surface area contributed by atoms with Gasteiger partial charge in [0.25, 0.3) is 5.91 Å². The summed E-state index contributed by atoms with van der Waals surface area (Å²) < 4.78 is 0. The van der Waals surface area contributed by atoms with E-state index in [9.17, 15) is 4.79 Å². The molecule has 1 saturated heterocycles. The molecule has 0 atom stereocenters. The Morgan fingerprint density at radius 3 is 2.57 bits per heavy atom. The Labute approximate surface area is 137 Å². The van der Waals surface area contributed by atoms with Crippen molar-refractivity contribution in [1.29, 1.82) is 0 Å². The summed E-state index contributed by atoms with van der Waals surface area (Å²) in [6.07, 6.45) is 5.10. The molecule has 1 N–H and O–H groups in total. The molecule has 1 aliphatic heterocycles. The third-order valence-electron chi connectivity index (χ3n) is 4.52. The number of nitrogens with zero attached hydrogens (tertiary/aromatic N) is 2. The number of benzene rings is 1. The molecule has 2 heterocycles. The van der Waals surface area contributed by atoms with Gasteiger partial charge in [-0.05, 0) is 62.4 Å². The number of likely N-dealkylation sites (tertiary alicyclic amines) is 1. The van der Waals surface area contributed by atoms with Crippen molar-refractivity contribution in [3.63, 3.8) is 0 Å². The van der Waals surface area contributed by atoms with Gasteiger partial charge in [-0.1, -0.05) is 12.1 Å². The number of anilines is 2. The zero-order chi connectivity index (χ0) is 16.2.